The first-order chi connectivity index (χ1) is 12.1. The Hall–Kier alpha value is -2.60. The normalized spacial score (nSPS) is 11.4. The predicted molar refractivity (Wildman–Crippen MR) is 94.6 cm³/mol. The van der Waals surface area contributed by atoms with Gasteiger partial charge in [0.2, 0.25) is 0 Å². The molecule has 0 aliphatic carbocycles. The van der Waals surface area contributed by atoms with Crippen molar-refractivity contribution in [2.24, 2.45) is 0 Å². The molecule has 0 saturated carbocycles. The average molecular weight is 363 g/mol. The molecule has 25 heavy (non-hydrogen) atoms. The second-order valence-electron chi connectivity index (χ2n) is 5.23. The molecule has 1 aromatic heterocycles. The van der Waals surface area contributed by atoms with Gasteiger partial charge in [-0.2, -0.15) is 0 Å². The third-order valence-corrected chi connectivity index (χ3v) is 3.53. The van der Waals surface area contributed by atoms with Crippen molar-refractivity contribution in [1.82, 2.24) is 4.98 Å². The number of anilines is 1. The minimum atomic E-state index is -0.932. The average Bonchev–Trinajstić information content (AvgIpc) is 2.61. The molecule has 0 spiro atoms. The third-order valence-electron chi connectivity index (χ3n) is 3.23. The molecular formula is C18H19ClN2O4. The number of carbonyl (C=O) groups excluding carboxylic acids is 2. The van der Waals surface area contributed by atoms with Crippen molar-refractivity contribution in [3.63, 3.8) is 0 Å². The molecule has 0 fully saturated rings. The highest BCUT2D eigenvalue weighted by Crippen LogP contribution is 2.18. The summed E-state index contributed by atoms with van der Waals surface area (Å²) in [6.07, 6.45) is 1.24. The van der Waals surface area contributed by atoms with Crippen molar-refractivity contribution in [1.29, 1.82) is 0 Å². The van der Waals surface area contributed by atoms with E-state index < -0.39 is 18.0 Å². The van der Waals surface area contributed by atoms with Crippen molar-refractivity contribution in [2.45, 2.75) is 25.9 Å². The van der Waals surface area contributed by atoms with Gasteiger partial charge in [-0.15, -0.1) is 0 Å². The van der Waals surface area contributed by atoms with E-state index in [2.05, 4.69) is 10.3 Å². The highest BCUT2D eigenvalue weighted by Gasteiger charge is 2.18. The van der Waals surface area contributed by atoms with Gasteiger partial charge in [-0.05, 0) is 37.6 Å². The lowest BCUT2D eigenvalue weighted by Gasteiger charge is -2.14. The fraction of sp³-hybridized carbons (Fsp3) is 0.278. The topological polar surface area (TPSA) is 77.5 Å². The van der Waals surface area contributed by atoms with E-state index in [0.29, 0.717) is 18.7 Å². The van der Waals surface area contributed by atoms with Crippen LogP contribution in [0.3, 0.4) is 0 Å². The summed E-state index contributed by atoms with van der Waals surface area (Å²) >= 11 is 5.87. The molecule has 2 rings (SSSR count). The largest absolute Gasteiger partial charge is 0.494 e. The molecular weight excluding hydrogens is 344 g/mol. The van der Waals surface area contributed by atoms with Crippen molar-refractivity contribution >= 4 is 29.2 Å². The van der Waals surface area contributed by atoms with Gasteiger partial charge in [-0.1, -0.05) is 29.8 Å². The quantitative estimate of drug-likeness (QED) is 0.442. The number of halogens is 1. The minimum absolute atomic E-state index is 0.165. The van der Waals surface area contributed by atoms with Gasteiger partial charge in [0.25, 0.3) is 5.91 Å². The standard InChI is InChI=1S/C18H19ClN2O4/c1-13(18(23)21-15-9-5-11-20-17(15)19)25-16(22)10-6-12-24-14-7-3-2-4-8-14/h2-5,7-9,11,13H,6,10,12H2,1H3,(H,21,23). The Morgan fingerprint density at radius 3 is 2.68 bits per heavy atom. The number of carbonyl (C=O) groups is 2. The number of nitrogens with one attached hydrogen (secondary N) is 1. The van der Waals surface area contributed by atoms with Gasteiger partial charge >= 0.3 is 5.97 Å². The van der Waals surface area contributed by atoms with Crippen molar-refractivity contribution in [3.05, 3.63) is 53.8 Å². The van der Waals surface area contributed by atoms with Gasteiger partial charge < -0.3 is 14.8 Å². The number of esters is 1. The molecule has 0 bridgehead atoms. The lowest BCUT2D eigenvalue weighted by molar-refractivity contribution is -0.153. The van der Waals surface area contributed by atoms with Crippen LogP contribution in [0.25, 0.3) is 0 Å². The Labute approximate surface area is 151 Å². The lowest BCUT2D eigenvalue weighted by atomic mass is 10.3. The Morgan fingerprint density at radius 1 is 1.20 bits per heavy atom. The summed E-state index contributed by atoms with van der Waals surface area (Å²) in [5.41, 5.74) is 0.369. The maximum Gasteiger partial charge on any atom is 0.306 e. The Morgan fingerprint density at radius 2 is 1.96 bits per heavy atom. The van der Waals surface area contributed by atoms with Crippen molar-refractivity contribution < 1.29 is 19.1 Å². The summed E-state index contributed by atoms with van der Waals surface area (Å²) in [6.45, 7) is 1.89. The van der Waals surface area contributed by atoms with Crippen LogP contribution in [0.15, 0.2) is 48.7 Å². The zero-order valence-electron chi connectivity index (χ0n) is 13.8. The fourth-order valence-electron chi connectivity index (χ4n) is 1.95. The van der Waals surface area contributed by atoms with Crippen LogP contribution < -0.4 is 10.1 Å². The molecule has 0 radical (unpaired) electrons. The number of hydrogen-bond donors (Lipinski definition) is 1. The van der Waals surface area contributed by atoms with Crippen LogP contribution in [0.2, 0.25) is 5.15 Å². The van der Waals surface area contributed by atoms with Gasteiger partial charge in [-0.3, -0.25) is 9.59 Å². The Kier molecular flexibility index (Phi) is 7.22. The number of ether oxygens (including phenoxy) is 2. The molecule has 1 amide bonds. The summed E-state index contributed by atoms with van der Waals surface area (Å²) in [5, 5.41) is 2.74. The number of rotatable bonds is 8. The van der Waals surface area contributed by atoms with E-state index in [9.17, 15) is 9.59 Å². The fourth-order valence-corrected chi connectivity index (χ4v) is 2.11. The monoisotopic (exact) mass is 362 g/mol. The molecule has 1 unspecified atom stereocenters. The van der Waals surface area contributed by atoms with E-state index in [0.717, 1.165) is 5.75 Å². The first-order valence-corrected chi connectivity index (χ1v) is 8.23. The van der Waals surface area contributed by atoms with Crippen LogP contribution in [-0.2, 0) is 14.3 Å². The molecule has 1 heterocycles. The Balaban J connectivity index is 1.68. The van der Waals surface area contributed by atoms with E-state index in [1.54, 1.807) is 12.1 Å². The van der Waals surface area contributed by atoms with Crippen molar-refractivity contribution in [2.75, 3.05) is 11.9 Å². The Bertz CT molecular complexity index is 709. The molecule has 2 aromatic rings. The molecule has 1 N–H and O–H groups in total. The molecule has 0 saturated heterocycles. The van der Waals surface area contributed by atoms with Crippen LogP contribution in [0.4, 0.5) is 5.69 Å². The number of benzene rings is 1. The highest BCUT2D eigenvalue weighted by molar-refractivity contribution is 6.32. The number of pyridine rings is 1. The predicted octanol–water partition coefficient (Wildman–Crippen LogP) is 3.46. The van der Waals surface area contributed by atoms with Crippen LogP contribution in [0, 0.1) is 0 Å². The van der Waals surface area contributed by atoms with Crippen LogP contribution in [-0.4, -0.2) is 29.6 Å². The lowest BCUT2D eigenvalue weighted by Crippen LogP contribution is -2.30. The van der Waals surface area contributed by atoms with Crippen molar-refractivity contribution in [3.8, 4) is 5.75 Å². The van der Waals surface area contributed by atoms with E-state index in [1.807, 2.05) is 30.3 Å². The molecule has 0 aliphatic heterocycles. The first kappa shape index (κ1) is 18.7. The van der Waals surface area contributed by atoms with E-state index in [4.69, 9.17) is 21.1 Å². The van der Waals surface area contributed by atoms with Gasteiger partial charge in [0.05, 0.1) is 12.3 Å². The number of amides is 1. The maximum absolute atomic E-state index is 12.0. The minimum Gasteiger partial charge on any atom is -0.494 e. The molecule has 132 valence electrons. The number of aromatic nitrogens is 1. The van der Waals surface area contributed by atoms with E-state index in [-0.39, 0.29) is 11.6 Å². The maximum atomic E-state index is 12.0. The number of para-hydroxylation sites is 1. The van der Waals surface area contributed by atoms with Gasteiger partial charge in [0.1, 0.15) is 5.75 Å². The summed E-state index contributed by atoms with van der Waals surface area (Å²) in [4.78, 5) is 27.7. The zero-order chi connectivity index (χ0) is 18.1. The molecule has 1 atom stereocenters. The first-order valence-electron chi connectivity index (χ1n) is 7.85. The highest BCUT2D eigenvalue weighted by atomic mass is 35.5. The van der Waals surface area contributed by atoms with E-state index >= 15 is 0 Å². The van der Waals surface area contributed by atoms with Crippen LogP contribution >= 0.6 is 11.6 Å². The number of hydrogen-bond acceptors (Lipinski definition) is 5. The van der Waals surface area contributed by atoms with Crippen LogP contribution in [0.5, 0.6) is 5.75 Å². The number of nitrogens with zero attached hydrogens (tertiary/aromatic N) is 1. The second kappa shape index (κ2) is 9.64. The molecule has 7 heteroatoms. The summed E-state index contributed by atoms with van der Waals surface area (Å²) in [5.74, 6) is -0.183. The molecule has 0 aliphatic rings. The zero-order valence-corrected chi connectivity index (χ0v) is 14.5. The SMILES string of the molecule is CC(OC(=O)CCCOc1ccccc1)C(=O)Nc1cccnc1Cl. The third kappa shape index (κ3) is 6.43. The van der Waals surface area contributed by atoms with Crippen LogP contribution in [0.1, 0.15) is 19.8 Å². The summed E-state index contributed by atoms with van der Waals surface area (Å²) < 4.78 is 10.6. The van der Waals surface area contributed by atoms with E-state index in [1.165, 1.54) is 13.1 Å². The van der Waals surface area contributed by atoms with Gasteiger partial charge in [0.15, 0.2) is 11.3 Å². The summed E-state index contributed by atoms with van der Waals surface area (Å²) in [6, 6.07) is 12.6. The molecule has 6 nitrogen and oxygen atoms in total. The van der Waals surface area contributed by atoms with Gasteiger partial charge in [0, 0.05) is 12.6 Å². The van der Waals surface area contributed by atoms with Gasteiger partial charge in [-0.25, -0.2) is 4.98 Å². The smallest absolute Gasteiger partial charge is 0.306 e. The molecule has 1 aromatic carbocycles. The second-order valence-corrected chi connectivity index (χ2v) is 5.59. The summed E-state index contributed by atoms with van der Waals surface area (Å²) in [7, 11) is 0.